The van der Waals surface area contributed by atoms with Crippen LogP contribution in [0.15, 0.2) is 24.3 Å². The average Bonchev–Trinajstić information content (AvgIpc) is 2.56. The highest BCUT2D eigenvalue weighted by Gasteiger charge is 2.63. The standard InChI is InChI=1S/C11H8Br4/c12-8-7-5-3-1-2-4-6(5)11(15,9(7)13)10(8)14/h1-4,7-10H/t7-,8+,9-,10-,11+/m0/s1. The predicted octanol–water partition coefficient (Wildman–Crippen LogP) is 4.68. The van der Waals surface area contributed by atoms with Gasteiger partial charge >= 0.3 is 0 Å². The largest absolute Gasteiger partial charge is 0.0871 e. The maximum atomic E-state index is 3.93. The molecule has 2 bridgehead atoms. The molecular formula is C11H8Br4. The third-order valence-electron chi connectivity index (χ3n) is 3.47. The van der Waals surface area contributed by atoms with Crippen LogP contribution in [0.1, 0.15) is 17.0 Å². The van der Waals surface area contributed by atoms with Crippen LogP contribution < -0.4 is 0 Å². The third kappa shape index (κ3) is 1.23. The maximum Gasteiger partial charge on any atom is 0.0775 e. The number of hydrogen-bond donors (Lipinski definition) is 0. The molecule has 15 heavy (non-hydrogen) atoms. The van der Waals surface area contributed by atoms with E-state index in [9.17, 15) is 0 Å². The van der Waals surface area contributed by atoms with E-state index in [-0.39, 0.29) is 4.32 Å². The van der Waals surface area contributed by atoms with Gasteiger partial charge in [0.2, 0.25) is 0 Å². The van der Waals surface area contributed by atoms with Crippen molar-refractivity contribution in [2.75, 3.05) is 0 Å². The molecule has 0 aliphatic heterocycles. The molecule has 1 aromatic carbocycles. The van der Waals surface area contributed by atoms with E-state index in [1.807, 2.05) is 0 Å². The van der Waals surface area contributed by atoms with Crippen LogP contribution in [0, 0.1) is 0 Å². The fourth-order valence-corrected chi connectivity index (χ4v) is 7.81. The zero-order valence-electron chi connectivity index (χ0n) is 7.63. The highest BCUT2D eigenvalue weighted by molar-refractivity contribution is 9.14. The zero-order valence-corrected chi connectivity index (χ0v) is 14.0. The van der Waals surface area contributed by atoms with Gasteiger partial charge in [-0.05, 0) is 11.1 Å². The van der Waals surface area contributed by atoms with E-state index in [1.165, 1.54) is 11.1 Å². The number of alkyl halides is 4. The van der Waals surface area contributed by atoms with Crippen molar-refractivity contribution >= 4 is 63.7 Å². The fraction of sp³-hybridized carbons (Fsp3) is 0.455. The van der Waals surface area contributed by atoms with Crippen LogP contribution in [0.3, 0.4) is 0 Å². The van der Waals surface area contributed by atoms with E-state index in [1.54, 1.807) is 0 Å². The van der Waals surface area contributed by atoms with E-state index in [4.69, 9.17) is 0 Å². The number of rotatable bonds is 0. The lowest BCUT2D eigenvalue weighted by Crippen LogP contribution is -2.32. The van der Waals surface area contributed by atoms with Gasteiger partial charge < -0.3 is 0 Å². The van der Waals surface area contributed by atoms with E-state index >= 15 is 0 Å². The second-order valence-corrected chi connectivity index (χ2v) is 8.47. The molecule has 1 saturated carbocycles. The summed E-state index contributed by atoms with van der Waals surface area (Å²) in [7, 11) is 0. The Morgan fingerprint density at radius 2 is 1.67 bits per heavy atom. The Balaban J connectivity index is 2.27. The predicted molar refractivity (Wildman–Crippen MR) is 77.9 cm³/mol. The summed E-state index contributed by atoms with van der Waals surface area (Å²) < 4.78 is 0.0302. The van der Waals surface area contributed by atoms with Crippen LogP contribution in [0.25, 0.3) is 0 Å². The Hall–Kier alpha value is 1.14. The molecule has 0 nitrogen and oxygen atoms in total. The minimum absolute atomic E-state index is 0.0302. The van der Waals surface area contributed by atoms with Crippen molar-refractivity contribution in [2.24, 2.45) is 0 Å². The topological polar surface area (TPSA) is 0 Å². The van der Waals surface area contributed by atoms with Crippen LogP contribution >= 0.6 is 63.7 Å². The highest BCUT2D eigenvalue weighted by atomic mass is 79.9. The molecule has 80 valence electrons. The van der Waals surface area contributed by atoms with Crippen molar-refractivity contribution < 1.29 is 0 Å². The fourth-order valence-electron chi connectivity index (χ4n) is 2.75. The normalized spacial score (nSPS) is 46.9. The van der Waals surface area contributed by atoms with Gasteiger partial charge in [-0.3, -0.25) is 0 Å². The Labute approximate surface area is 123 Å². The van der Waals surface area contributed by atoms with Crippen molar-refractivity contribution in [1.82, 2.24) is 0 Å². The van der Waals surface area contributed by atoms with Gasteiger partial charge in [-0.2, -0.15) is 0 Å². The summed E-state index contributed by atoms with van der Waals surface area (Å²) in [5, 5.41) is 0. The van der Waals surface area contributed by atoms with Gasteiger partial charge in [-0.15, -0.1) is 0 Å². The van der Waals surface area contributed by atoms with Crippen molar-refractivity contribution in [3.8, 4) is 0 Å². The lowest BCUT2D eigenvalue weighted by Gasteiger charge is -2.31. The molecule has 4 heteroatoms. The van der Waals surface area contributed by atoms with Gasteiger partial charge in [0, 0.05) is 20.4 Å². The first-order valence-electron chi connectivity index (χ1n) is 4.79. The number of hydrogen-bond acceptors (Lipinski definition) is 0. The third-order valence-corrected chi connectivity index (χ3v) is 10.5. The maximum absolute atomic E-state index is 3.93. The lowest BCUT2D eigenvalue weighted by atomic mass is 9.92. The van der Waals surface area contributed by atoms with Gasteiger partial charge in [0.25, 0.3) is 0 Å². The quantitative estimate of drug-likeness (QED) is 0.494. The summed E-state index contributed by atoms with van der Waals surface area (Å²) in [6.07, 6.45) is 0. The molecule has 3 rings (SSSR count). The minimum Gasteiger partial charge on any atom is -0.0871 e. The number of benzene rings is 1. The smallest absolute Gasteiger partial charge is 0.0775 e. The molecule has 2 aliphatic carbocycles. The SMILES string of the molecule is Br[C@@H]1[C@@H]2c3ccccc3[C@](Br)([C@H]1Br)[C@H]2Br. The summed E-state index contributed by atoms with van der Waals surface area (Å²) in [5.74, 6) is 0.546. The van der Waals surface area contributed by atoms with Crippen LogP contribution in [0.2, 0.25) is 0 Å². The van der Waals surface area contributed by atoms with Gasteiger partial charge in [-0.25, -0.2) is 0 Å². The van der Waals surface area contributed by atoms with Gasteiger partial charge in [-0.1, -0.05) is 88.0 Å². The molecule has 0 spiro atoms. The molecular weight excluding hydrogens is 452 g/mol. The molecule has 0 unspecified atom stereocenters. The highest BCUT2D eigenvalue weighted by Crippen LogP contribution is 2.66. The van der Waals surface area contributed by atoms with Crippen molar-refractivity contribution in [2.45, 2.75) is 24.7 Å². The molecule has 2 aliphatic rings. The number of fused-ring (bicyclic) bond motifs is 5. The van der Waals surface area contributed by atoms with Crippen LogP contribution in [0.5, 0.6) is 0 Å². The molecule has 5 atom stereocenters. The summed E-state index contributed by atoms with van der Waals surface area (Å²) >= 11 is 15.4. The number of halogens is 4. The molecule has 1 aromatic rings. The summed E-state index contributed by atoms with van der Waals surface area (Å²) in [5.41, 5.74) is 2.89. The Bertz CT molecular complexity index is 419. The monoisotopic (exact) mass is 456 g/mol. The lowest BCUT2D eigenvalue weighted by molar-refractivity contribution is 0.730. The summed E-state index contributed by atoms with van der Waals surface area (Å²) in [6, 6.07) is 8.71. The van der Waals surface area contributed by atoms with E-state index < -0.39 is 0 Å². The van der Waals surface area contributed by atoms with Gasteiger partial charge in [0.05, 0.1) is 4.32 Å². The van der Waals surface area contributed by atoms with Crippen molar-refractivity contribution in [1.29, 1.82) is 0 Å². The molecule has 0 saturated heterocycles. The Morgan fingerprint density at radius 1 is 1.00 bits per heavy atom. The average molecular weight is 460 g/mol. The molecule has 0 amide bonds. The Kier molecular flexibility index (Phi) is 2.67. The minimum atomic E-state index is 0.0302. The van der Waals surface area contributed by atoms with Crippen LogP contribution in [0.4, 0.5) is 0 Å². The molecule has 0 heterocycles. The molecule has 0 N–H and O–H groups in total. The van der Waals surface area contributed by atoms with Crippen molar-refractivity contribution in [3.05, 3.63) is 35.4 Å². The first kappa shape index (κ1) is 11.2. The molecule has 0 radical (unpaired) electrons. The second kappa shape index (κ2) is 3.56. The summed E-state index contributed by atoms with van der Waals surface area (Å²) in [4.78, 5) is 1.36. The van der Waals surface area contributed by atoms with Crippen LogP contribution in [-0.2, 0) is 4.32 Å². The zero-order chi connectivity index (χ0) is 10.8. The summed E-state index contributed by atoms with van der Waals surface area (Å²) in [6.45, 7) is 0. The molecule has 1 fully saturated rings. The van der Waals surface area contributed by atoms with E-state index in [0.717, 1.165) is 0 Å². The first-order valence-corrected chi connectivity index (χ1v) is 8.33. The Morgan fingerprint density at radius 3 is 2.40 bits per heavy atom. The van der Waals surface area contributed by atoms with Crippen molar-refractivity contribution in [3.63, 3.8) is 0 Å². The van der Waals surface area contributed by atoms with Gasteiger partial charge in [0.15, 0.2) is 0 Å². The van der Waals surface area contributed by atoms with E-state index in [2.05, 4.69) is 88.0 Å². The molecule has 0 aromatic heterocycles. The van der Waals surface area contributed by atoms with Gasteiger partial charge in [0.1, 0.15) is 0 Å². The van der Waals surface area contributed by atoms with Crippen LogP contribution in [-0.4, -0.2) is 14.5 Å². The second-order valence-electron chi connectivity index (χ2n) is 4.13. The van der Waals surface area contributed by atoms with E-state index in [0.29, 0.717) is 20.4 Å². The first-order chi connectivity index (χ1) is 7.08.